The molecule has 0 saturated carbocycles. The topological polar surface area (TPSA) is 32.3 Å². The Morgan fingerprint density at radius 3 is 2.90 bits per heavy atom. The summed E-state index contributed by atoms with van der Waals surface area (Å²) < 4.78 is 0. The van der Waals surface area contributed by atoms with E-state index in [1.165, 1.54) is 5.56 Å². The van der Waals surface area contributed by atoms with Gasteiger partial charge >= 0.3 is 0 Å². The van der Waals surface area contributed by atoms with E-state index in [0.717, 1.165) is 24.8 Å². The smallest absolute Gasteiger partial charge is 0.185 e. The van der Waals surface area contributed by atoms with Crippen LogP contribution in [0.25, 0.3) is 0 Å². The lowest BCUT2D eigenvalue weighted by molar-refractivity contribution is 0.175. The van der Waals surface area contributed by atoms with Crippen LogP contribution in [-0.4, -0.2) is 40.5 Å². The van der Waals surface area contributed by atoms with Gasteiger partial charge in [0.1, 0.15) is 0 Å². The van der Waals surface area contributed by atoms with Crippen molar-refractivity contribution in [1.29, 1.82) is 0 Å². The third-order valence-corrected chi connectivity index (χ3v) is 4.85. The van der Waals surface area contributed by atoms with Crippen LogP contribution in [0.2, 0.25) is 0 Å². The number of rotatable bonds is 3. The second-order valence-corrected chi connectivity index (χ2v) is 6.19. The van der Waals surface area contributed by atoms with Crippen molar-refractivity contribution in [3.05, 3.63) is 41.7 Å². The Morgan fingerprint density at radius 1 is 1.35 bits per heavy atom. The summed E-state index contributed by atoms with van der Waals surface area (Å²) in [7, 11) is 0. The van der Waals surface area contributed by atoms with E-state index in [4.69, 9.17) is 0 Å². The van der Waals surface area contributed by atoms with Gasteiger partial charge in [-0.15, -0.1) is 11.3 Å². The number of aromatic nitrogens is 2. The second kappa shape index (κ2) is 5.89. The molecular weight excluding hydrogens is 268 g/mol. The van der Waals surface area contributed by atoms with Gasteiger partial charge in [-0.2, -0.15) is 0 Å². The van der Waals surface area contributed by atoms with Crippen molar-refractivity contribution in [3.8, 4) is 0 Å². The maximum atomic E-state index is 4.43. The van der Waals surface area contributed by atoms with Crippen LogP contribution < -0.4 is 4.90 Å². The van der Waals surface area contributed by atoms with E-state index in [2.05, 4.69) is 39.7 Å². The van der Waals surface area contributed by atoms with E-state index >= 15 is 0 Å². The van der Waals surface area contributed by atoms with Gasteiger partial charge in [0.05, 0.1) is 0 Å². The van der Waals surface area contributed by atoms with Crippen LogP contribution in [0.15, 0.2) is 36.1 Å². The van der Waals surface area contributed by atoms with Crippen molar-refractivity contribution < 1.29 is 0 Å². The SMILES string of the molecule is C[C@H](c1cccnc1)N1CCN(c2nccs2)[C@@H](C)C1. The van der Waals surface area contributed by atoms with Crippen LogP contribution in [-0.2, 0) is 0 Å². The number of hydrogen-bond donors (Lipinski definition) is 0. The fourth-order valence-corrected chi connectivity index (χ4v) is 3.59. The van der Waals surface area contributed by atoms with Crippen molar-refractivity contribution in [2.45, 2.75) is 25.9 Å². The highest BCUT2D eigenvalue weighted by atomic mass is 32.1. The van der Waals surface area contributed by atoms with Crippen molar-refractivity contribution in [2.75, 3.05) is 24.5 Å². The highest BCUT2D eigenvalue weighted by Gasteiger charge is 2.28. The summed E-state index contributed by atoms with van der Waals surface area (Å²) in [6.07, 6.45) is 5.69. The van der Waals surface area contributed by atoms with Gasteiger partial charge in [-0.25, -0.2) is 4.98 Å². The summed E-state index contributed by atoms with van der Waals surface area (Å²) in [6.45, 7) is 7.72. The van der Waals surface area contributed by atoms with Crippen molar-refractivity contribution in [1.82, 2.24) is 14.9 Å². The minimum atomic E-state index is 0.421. The van der Waals surface area contributed by atoms with E-state index in [9.17, 15) is 0 Å². The lowest BCUT2D eigenvalue weighted by Gasteiger charge is -2.42. The molecule has 0 aromatic carbocycles. The first-order valence-electron chi connectivity index (χ1n) is 7.06. The molecule has 1 fully saturated rings. The van der Waals surface area contributed by atoms with Gasteiger partial charge in [0.2, 0.25) is 0 Å². The third-order valence-electron chi connectivity index (χ3n) is 4.04. The molecule has 1 aliphatic rings. The molecular formula is C15H20N4S. The first-order chi connectivity index (χ1) is 9.75. The Morgan fingerprint density at radius 2 is 2.25 bits per heavy atom. The molecule has 106 valence electrons. The predicted molar refractivity (Wildman–Crippen MR) is 83.1 cm³/mol. The van der Waals surface area contributed by atoms with Crippen molar-refractivity contribution >= 4 is 16.5 Å². The molecule has 3 heterocycles. The van der Waals surface area contributed by atoms with Crippen LogP contribution in [0.5, 0.6) is 0 Å². The molecule has 0 N–H and O–H groups in total. The van der Waals surface area contributed by atoms with Crippen LogP contribution in [0, 0.1) is 0 Å². The highest BCUT2D eigenvalue weighted by Crippen LogP contribution is 2.27. The molecule has 1 saturated heterocycles. The first kappa shape index (κ1) is 13.5. The lowest BCUT2D eigenvalue weighted by atomic mass is 10.1. The van der Waals surface area contributed by atoms with Crippen LogP contribution >= 0.6 is 11.3 Å². The molecule has 0 radical (unpaired) electrons. The Balaban J connectivity index is 1.68. The van der Waals surface area contributed by atoms with Crippen molar-refractivity contribution in [2.24, 2.45) is 0 Å². The van der Waals surface area contributed by atoms with E-state index in [1.54, 1.807) is 11.3 Å². The molecule has 2 atom stereocenters. The van der Waals surface area contributed by atoms with E-state index < -0.39 is 0 Å². The van der Waals surface area contributed by atoms with Crippen LogP contribution in [0.1, 0.15) is 25.5 Å². The molecule has 1 aliphatic heterocycles. The Bertz CT molecular complexity index is 528. The van der Waals surface area contributed by atoms with E-state index in [1.807, 2.05) is 30.0 Å². The Labute approximate surface area is 124 Å². The summed E-state index contributed by atoms with van der Waals surface area (Å²) >= 11 is 1.73. The van der Waals surface area contributed by atoms with E-state index in [-0.39, 0.29) is 0 Å². The second-order valence-electron chi connectivity index (χ2n) is 5.31. The zero-order valence-corrected chi connectivity index (χ0v) is 12.8. The van der Waals surface area contributed by atoms with Gasteiger partial charge in [0, 0.05) is 55.7 Å². The number of pyridine rings is 1. The fraction of sp³-hybridized carbons (Fsp3) is 0.467. The molecule has 2 aromatic heterocycles. The van der Waals surface area contributed by atoms with Crippen LogP contribution in [0.3, 0.4) is 0 Å². The molecule has 5 heteroatoms. The molecule has 0 aliphatic carbocycles. The van der Waals surface area contributed by atoms with E-state index in [0.29, 0.717) is 12.1 Å². The minimum absolute atomic E-state index is 0.421. The molecule has 20 heavy (non-hydrogen) atoms. The molecule has 0 bridgehead atoms. The highest BCUT2D eigenvalue weighted by molar-refractivity contribution is 7.13. The Kier molecular flexibility index (Phi) is 3.98. The van der Waals surface area contributed by atoms with Gasteiger partial charge in [-0.1, -0.05) is 6.07 Å². The standard InChI is InChI=1S/C15H20N4S/c1-12-11-18(13(2)14-4-3-5-16-10-14)7-8-19(12)15-17-6-9-20-15/h3-6,9-10,12-13H,7-8,11H2,1-2H3/t12-,13+/m0/s1. The average Bonchev–Trinajstić information content (AvgIpc) is 3.01. The van der Waals surface area contributed by atoms with Crippen LogP contribution in [0.4, 0.5) is 5.13 Å². The zero-order valence-electron chi connectivity index (χ0n) is 11.9. The van der Waals surface area contributed by atoms with Crippen molar-refractivity contribution in [3.63, 3.8) is 0 Å². The monoisotopic (exact) mass is 288 g/mol. The van der Waals surface area contributed by atoms with Gasteiger partial charge in [0.15, 0.2) is 5.13 Å². The minimum Gasteiger partial charge on any atom is -0.343 e. The summed E-state index contributed by atoms with van der Waals surface area (Å²) in [4.78, 5) is 13.6. The quantitative estimate of drug-likeness (QED) is 0.869. The molecule has 3 rings (SSSR count). The first-order valence-corrected chi connectivity index (χ1v) is 7.94. The predicted octanol–water partition coefficient (Wildman–Crippen LogP) is 2.81. The maximum Gasteiger partial charge on any atom is 0.185 e. The Hall–Kier alpha value is -1.46. The molecule has 4 nitrogen and oxygen atoms in total. The van der Waals surface area contributed by atoms with Gasteiger partial charge in [-0.3, -0.25) is 9.88 Å². The number of hydrogen-bond acceptors (Lipinski definition) is 5. The average molecular weight is 288 g/mol. The summed E-state index contributed by atoms with van der Waals surface area (Å²) in [5, 5.41) is 3.19. The normalized spacial score (nSPS) is 21.9. The summed E-state index contributed by atoms with van der Waals surface area (Å²) in [6, 6.07) is 5.09. The summed E-state index contributed by atoms with van der Waals surface area (Å²) in [5.74, 6) is 0. The van der Waals surface area contributed by atoms with Gasteiger partial charge < -0.3 is 4.90 Å². The molecule has 0 amide bonds. The molecule has 0 spiro atoms. The molecule has 2 aromatic rings. The van der Waals surface area contributed by atoms with Gasteiger partial charge in [-0.05, 0) is 25.5 Å². The third kappa shape index (κ3) is 2.69. The molecule has 0 unspecified atom stereocenters. The van der Waals surface area contributed by atoms with Gasteiger partial charge in [0.25, 0.3) is 0 Å². The maximum absolute atomic E-state index is 4.43. The number of piperazine rings is 1. The largest absolute Gasteiger partial charge is 0.343 e. The number of nitrogens with zero attached hydrogens (tertiary/aromatic N) is 4. The number of anilines is 1. The zero-order chi connectivity index (χ0) is 13.9. The fourth-order valence-electron chi connectivity index (χ4n) is 2.81. The summed E-state index contributed by atoms with van der Waals surface area (Å²) in [5.41, 5.74) is 1.29. The number of thiazole rings is 1. The lowest BCUT2D eigenvalue weighted by Crippen LogP contribution is -2.52.